The van der Waals surface area contributed by atoms with E-state index in [9.17, 15) is 9.59 Å². The summed E-state index contributed by atoms with van der Waals surface area (Å²) < 4.78 is 1.74. The SMILES string of the molecule is C#Cc1cc(=O)n(C2CCC(NC(=O)c3ccnnc3)CC2)c2nc(Nc3ccc(N4CCN(C)CC4)cc3)ncc12. The van der Waals surface area contributed by atoms with Gasteiger partial charge in [-0.3, -0.25) is 14.2 Å². The third kappa shape index (κ3) is 5.80. The number of benzene rings is 1. The Balaban J connectivity index is 1.20. The molecule has 1 amide bonds. The molecule has 0 unspecified atom stereocenters. The van der Waals surface area contributed by atoms with Gasteiger partial charge in [0.25, 0.3) is 11.5 Å². The molecule has 0 bridgehead atoms. The van der Waals surface area contributed by atoms with Gasteiger partial charge in [-0.15, -0.1) is 6.42 Å². The van der Waals surface area contributed by atoms with Crippen LogP contribution < -0.4 is 21.1 Å². The number of carbonyl (C=O) groups is 1. The van der Waals surface area contributed by atoms with Gasteiger partial charge in [-0.05, 0) is 63.1 Å². The van der Waals surface area contributed by atoms with E-state index in [1.165, 1.54) is 24.1 Å². The normalized spacial score (nSPS) is 19.3. The molecule has 214 valence electrons. The first kappa shape index (κ1) is 27.4. The standard InChI is InChI=1S/C31H33N9O2/c1-3-21-18-28(41)40(26-10-6-23(7-11-26)35-30(42)22-12-13-33-34-19-22)29-27(21)20-32-31(37-29)36-24-4-8-25(9-5-24)39-16-14-38(2)15-17-39/h1,4-5,8-9,12-13,18-20,23,26H,6-7,10-11,14-17H2,2H3,(H,35,42)(H,32,36,37). The third-order valence-electron chi connectivity index (χ3n) is 8.18. The highest BCUT2D eigenvalue weighted by molar-refractivity contribution is 5.93. The van der Waals surface area contributed by atoms with E-state index in [1.54, 1.807) is 16.8 Å². The molecular weight excluding hydrogens is 530 g/mol. The van der Waals surface area contributed by atoms with Crippen molar-refractivity contribution < 1.29 is 4.79 Å². The van der Waals surface area contributed by atoms with Gasteiger partial charge in [-0.2, -0.15) is 15.2 Å². The number of hydrogen-bond donors (Lipinski definition) is 2. The first-order chi connectivity index (χ1) is 20.5. The molecule has 0 atom stereocenters. The van der Waals surface area contributed by atoms with Gasteiger partial charge in [-0.25, -0.2) is 4.98 Å². The molecule has 2 fully saturated rings. The number of amides is 1. The summed E-state index contributed by atoms with van der Waals surface area (Å²) in [5.74, 6) is 2.84. The highest BCUT2D eigenvalue weighted by Gasteiger charge is 2.27. The van der Waals surface area contributed by atoms with Crippen molar-refractivity contribution in [1.82, 2.24) is 34.9 Å². The second-order valence-electron chi connectivity index (χ2n) is 10.9. The van der Waals surface area contributed by atoms with Gasteiger partial charge in [-0.1, -0.05) is 5.92 Å². The Morgan fingerprint density at radius 2 is 1.76 bits per heavy atom. The van der Waals surface area contributed by atoms with Crippen molar-refractivity contribution in [2.24, 2.45) is 0 Å². The molecule has 4 heterocycles. The minimum atomic E-state index is -0.188. The van der Waals surface area contributed by atoms with E-state index in [4.69, 9.17) is 11.4 Å². The van der Waals surface area contributed by atoms with Crippen molar-refractivity contribution in [2.45, 2.75) is 37.8 Å². The number of aromatic nitrogens is 5. The second kappa shape index (κ2) is 12.0. The molecule has 6 rings (SSSR count). The van der Waals surface area contributed by atoms with Crippen LogP contribution in [0, 0.1) is 12.3 Å². The average molecular weight is 564 g/mol. The molecule has 0 radical (unpaired) electrons. The van der Waals surface area contributed by atoms with E-state index in [-0.39, 0.29) is 23.6 Å². The van der Waals surface area contributed by atoms with Gasteiger partial charge in [0, 0.05) is 67.5 Å². The lowest BCUT2D eigenvalue weighted by Gasteiger charge is -2.34. The van der Waals surface area contributed by atoms with Crippen LogP contribution in [-0.4, -0.2) is 74.8 Å². The molecular formula is C31H33N9O2. The highest BCUT2D eigenvalue weighted by Crippen LogP contribution is 2.31. The average Bonchev–Trinajstić information content (AvgIpc) is 3.02. The summed E-state index contributed by atoms with van der Waals surface area (Å²) in [5, 5.41) is 14.5. The first-order valence-electron chi connectivity index (χ1n) is 14.3. The van der Waals surface area contributed by atoms with Crippen molar-refractivity contribution in [3.8, 4) is 12.3 Å². The summed E-state index contributed by atoms with van der Waals surface area (Å²) >= 11 is 0. The van der Waals surface area contributed by atoms with E-state index >= 15 is 0 Å². The van der Waals surface area contributed by atoms with Gasteiger partial charge in [0.15, 0.2) is 0 Å². The fourth-order valence-corrected chi connectivity index (χ4v) is 5.78. The predicted octanol–water partition coefficient (Wildman–Crippen LogP) is 2.97. The summed E-state index contributed by atoms with van der Waals surface area (Å²) in [6.07, 6.45) is 13.3. The van der Waals surface area contributed by atoms with E-state index in [2.05, 4.69) is 60.7 Å². The van der Waals surface area contributed by atoms with Crippen LogP contribution in [0.5, 0.6) is 0 Å². The number of rotatable bonds is 6. The van der Waals surface area contributed by atoms with Crippen LogP contribution in [0.15, 0.2) is 59.8 Å². The van der Waals surface area contributed by atoms with Crippen molar-refractivity contribution >= 4 is 34.3 Å². The lowest BCUT2D eigenvalue weighted by molar-refractivity contribution is 0.0922. The van der Waals surface area contributed by atoms with Crippen LogP contribution in [0.2, 0.25) is 0 Å². The molecule has 11 heteroatoms. The quantitative estimate of drug-likeness (QED) is 0.341. The zero-order valence-corrected chi connectivity index (χ0v) is 23.5. The van der Waals surface area contributed by atoms with E-state index < -0.39 is 0 Å². The Labute approximate surface area is 244 Å². The van der Waals surface area contributed by atoms with Gasteiger partial charge < -0.3 is 20.4 Å². The minimum absolute atomic E-state index is 0.00883. The van der Waals surface area contributed by atoms with Crippen molar-refractivity contribution in [3.63, 3.8) is 0 Å². The van der Waals surface area contributed by atoms with Crippen LogP contribution in [0.25, 0.3) is 11.0 Å². The minimum Gasteiger partial charge on any atom is -0.369 e. The van der Waals surface area contributed by atoms with E-state index in [0.717, 1.165) is 44.7 Å². The summed E-state index contributed by atoms with van der Waals surface area (Å²) in [7, 11) is 2.15. The fraction of sp³-hybridized carbons (Fsp3) is 0.355. The molecule has 2 N–H and O–H groups in total. The summed E-state index contributed by atoms with van der Waals surface area (Å²) in [6.45, 7) is 4.10. The van der Waals surface area contributed by atoms with Crippen LogP contribution in [0.3, 0.4) is 0 Å². The number of carbonyl (C=O) groups excluding carboxylic acids is 1. The number of fused-ring (bicyclic) bond motifs is 1. The van der Waals surface area contributed by atoms with Crippen molar-refractivity contribution in [3.05, 3.63) is 76.5 Å². The van der Waals surface area contributed by atoms with Gasteiger partial charge >= 0.3 is 0 Å². The summed E-state index contributed by atoms with van der Waals surface area (Å²) in [6, 6.07) is 11.3. The number of likely N-dealkylation sites (N-methyl/N-ethyl adjacent to an activating group) is 1. The molecule has 1 aliphatic carbocycles. The van der Waals surface area contributed by atoms with E-state index in [0.29, 0.717) is 41.0 Å². The van der Waals surface area contributed by atoms with Crippen molar-refractivity contribution in [2.75, 3.05) is 43.4 Å². The summed E-state index contributed by atoms with van der Waals surface area (Å²) in [5.41, 5.74) is 3.31. The maximum absolute atomic E-state index is 13.3. The van der Waals surface area contributed by atoms with E-state index in [1.807, 2.05) is 12.1 Å². The largest absolute Gasteiger partial charge is 0.369 e. The molecule has 1 saturated heterocycles. The zero-order chi connectivity index (χ0) is 29.1. The molecule has 2 aliphatic rings. The number of nitrogens with zero attached hydrogens (tertiary/aromatic N) is 7. The monoisotopic (exact) mass is 563 g/mol. The Kier molecular flexibility index (Phi) is 7.79. The van der Waals surface area contributed by atoms with Crippen molar-refractivity contribution in [1.29, 1.82) is 0 Å². The number of terminal acetylenes is 1. The molecule has 42 heavy (non-hydrogen) atoms. The van der Waals surface area contributed by atoms with Crippen LogP contribution >= 0.6 is 0 Å². The predicted molar refractivity (Wildman–Crippen MR) is 162 cm³/mol. The lowest BCUT2D eigenvalue weighted by Crippen LogP contribution is -2.44. The van der Waals surface area contributed by atoms with Gasteiger partial charge in [0.1, 0.15) is 5.65 Å². The summed E-state index contributed by atoms with van der Waals surface area (Å²) in [4.78, 5) is 39.9. The number of nitrogens with one attached hydrogen (secondary N) is 2. The molecule has 1 saturated carbocycles. The molecule has 11 nitrogen and oxygen atoms in total. The topological polar surface area (TPSA) is 121 Å². The number of anilines is 3. The first-order valence-corrected chi connectivity index (χ1v) is 14.3. The Morgan fingerprint density at radius 3 is 2.45 bits per heavy atom. The third-order valence-corrected chi connectivity index (χ3v) is 8.18. The number of hydrogen-bond acceptors (Lipinski definition) is 9. The lowest BCUT2D eigenvalue weighted by atomic mass is 9.90. The molecule has 3 aromatic heterocycles. The maximum atomic E-state index is 13.3. The van der Waals surface area contributed by atoms with Gasteiger partial charge in [0.2, 0.25) is 5.95 Å². The Hall–Kier alpha value is -4.82. The van der Waals surface area contributed by atoms with Crippen LogP contribution in [0.1, 0.15) is 47.6 Å². The second-order valence-corrected chi connectivity index (χ2v) is 10.9. The Bertz CT molecular complexity index is 1670. The maximum Gasteiger partial charge on any atom is 0.253 e. The fourth-order valence-electron chi connectivity index (χ4n) is 5.78. The smallest absolute Gasteiger partial charge is 0.253 e. The van der Waals surface area contributed by atoms with Crippen LogP contribution in [0.4, 0.5) is 17.3 Å². The van der Waals surface area contributed by atoms with Gasteiger partial charge in [0.05, 0.1) is 23.3 Å². The zero-order valence-electron chi connectivity index (χ0n) is 23.5. The highest BCUT2D eigenvalue weighted by atomic mass is 16.1. The number of pyridine rings is 1. The molecule has 1 aliphatic heterocycles. The number of piperazine rings is 1. The molecule has 1 aromatic carbocycles. The molecule has 4 aromatic rings. The Morgan fingerprint density at radius 1 is 1.00 bits per heavy atom. The van der Waals surface area contributed by atoms with Crippen LogP contribution in [-0.2, 0) is 0 Å². The molecule has 0 spiro atoms.